The number of hydrogen-bond donors (Lipinski definition) is 0. The average molecular weight is 837 g/mol. The second-order valence-corrected chi connectivity index (χ2v) is 17.5. The minimum Gasteiger partial charge on any atom is -0.664 e. The van der Waals surface area contributed by atoms with Crippen molar-refractivity contribution < 1.29 is 23.9 Å². The summed E-state index contributed by atoms with van der Waals surface area (Å²) in [5, 5.41) is 6.82. The van der Waals surface area contributed by atoms with Gasteiger partial charge in [-0.1, -0.05) is 131 Å². The molecule has 5 heterocycles. The van der Waals surface area contributed by atoms with Gasteiger partial charge in [0.05, 0.1) is 7.11 Å². The van der Waals surface area contributed by atoms with Crippen molar-refractivity contribution in [3.05, 3.63) is 102 Å². The van der Waals surface area contributed by atoms with Gasteiger partial charge in [0.25, 0.3) is 0 Å². The van der Waals surface area contributed by atoms with Crippen molar-refractivity contribution in [2.24, 2.45) is 29.6 Å². The molecular weight excluding hydrogens is 773 g/mol. The van der Waals surface area contributed by atoms with E-state index < -0.39 is 11.9 Å². The third-order valence-corrected chi connectivity index (χ3v) is 13.4. The summed E-state index contributed by atoms with van der Waals surface area (Å²) in [7, 11) is 1.29. The van der Waals surface area contributed by atoms with E-state index in [-0.39, 0.29) is 59.7 Å². The average Bonchev–Trinajstić information content (AvgIpc) is 3.97. The molecule has 0 aromatic carbocycles. The van der Waals surface area contributed by atoms with Crippen LogP contribution in [0.15, 0.2) is 29.6 Å². The molecule has 322 valence electrons. The maximum atomic E-state index is 14.3. The van der Waals surface area contributed by atoms with E-state index in [0.29, 0.717) is 40.2 Å². The van der Waals surface area contributed by atoms with Gasteiger partial charge < -0.3 is 29.7 Å². The number of esters is 2. The van der Waals surface area contributed by atoms with Crippen molar-refractivity contribution in [1.29, 1.82) is 0 Å². The fraction of sp³-hybridized carbons (Fsp3) is 0.510. The molecule has 0 N–H and O–H groups in total. The quantitative estimate of drug-likeness (QED) is 0.0571. The normalized spacial score (nSPS) is 22.2. The first-order chi connectivity index (χ1) is 28.7. The summed E-state index contributed by atoms with van der Waals surface area (Å²) in [5.41, 5.74) is 10.7. The van der Waals surface area contributed by atoms with E-state index in [2.05, 4.69) is 55.0 Å². The molecule has 2 aliphatic heterocycles. The van der Waals surface area contributed by atoms with E-state index in [1.54, 1.807) is 0 Å². The molecule has 61 heavy (non-hydrogen) atoms. The molecule has 0 spiro atoms. The Bertz CT molecular complexity index is 2370. The largest absolute Gasteiger partial charge is 2.00 e. The van der Waals surface area contributed by atoms with Crippen molar-refractivity contribution in [2.75, 3.05) is 13.7 Å². The molecule has 5 atom stereocenters. The number of carbonyl (C=O) groups excluding carboxylic acids is 3. The Labute approximate surface area is 379 Å². The zero-order valence-electron chi connectivity index (χ0n) is 38.3. The van der Waals surface area contributed by atoms with Gasteiger partial charge in [-0.25, -0.2) is 0 Å². The third-order valence-electron chi connectivity index (χ3n) is 13.4. The summed E-state index contributed by atoms with van der Waals surface area (Å²) in [5.74, 6) is -1.51. The van der Waals surface area contributed by atoms with Crippen molar-refractivity contribution >= 4 is 70.7 Å². The van der Waals surface area contributed by atoms with Crippen molar-refractivity contribution in [2.45, 2.75) is 127 Å². The van der Waals surface area contributed by atoms with Gasteiger partial charge in [-0.2, -0.15) is 11.4 Å². The molecule has 3 aromatic heterocycles. The van der Waals surface area contributed by atoms with Crippen molar-refractivity contribution in [3.63, 3.8) is 0 Å². The first-order valence-corrected chi connectivity index (χ1v) is 22.2. The van der Waals surface area contributed by atoms with Crippen molar-refractivity contribution in [3.8, 4) is 0 Å². The minimum atomic E-state index is -1.22. The first kappa shape index (κ1) is 47.8. The smallest absolute Gasteiger partial charge is 0.664 e. The predicted octanol–water partition coefficient (Wildman–Crippen LogP) is 8.95. The Morgan fingerprint density at radius 1 is 0.885 bits per heavy atom. The van der Waals surface area contributed by atoms with Crippen LogP contribution in [0, 0.1) is 50.4 Å². The van der Waals surface area contributed by atoms with Gasteiger partial charge in [0.15, 0.2) is 5.78 Å². The number of rotatable bonds is 17. The van der Waals surface area contributed by atoms with Crippen LogP contribution in [0.5, 0.6) is 0 Å². The minimum absolute atomic E-state index is 0. The number of carbonyl (C=O) groups is 3. The third kappa shape index (κ3) is 10.0. The summed E-state index contributed by atoms with van der Waals surface area (Å²) in [6.07, 6.45) is 19.5. The van der Waals surface area contributed by atoms with E-state index in [1.807, 2.05) is 44.2 Å². The first-order valence-electron chi connectivity index (χ1n) is 22.2. The van der Waals surface area contributed by atoms with Crippen LogP contribution in [0.4, 0.5) is 0 Å². The Morgan fingerprint density at radius 2 is 1.57 bits per heavy atom. The Kier molecular flexibility index (Phi) is 16.2. The predicted molar refractivity (Wildman–Crippen MR) is 246 cm³/mol. The molecule has 0 unspecified atom stereocenters. The molecule has 10 heteroatoms. The number of aromatic nitrogens is 3. The van der Waals surface area contributed by atoms with Gasteiger partial charge >= 0.3 is 35.0 Å². The van der Waals surface area contributed by atoms with E-state index in [4.69, 9.17) is 29.7 Å². The Morgan fingerprint density at radius 3 is 2.26 bits per heavy atom. The summed E-state index contributed by atoms with van der Waals surface area (Å²) in [4.78, 5) is 56.4. The number of Topliss-reactive ketones (excluding diaryl/α,β-unsaturated/α-hetero) is 1. The van der Waals surface area contributed by atoms with Crippen LogP contribution in [0.2, 0.25) is 0 Å². The molecule has 3 aromatic rings. The number of methoxy groups -OCH3 is 1. The van der Waals surface area contributed by atoms with Crippen LogP contribution in [0.25, 0.3) is 35.2 Å². The number of nitrogens with zero attached hydrogens (tertiary/aromatic N) is 4. The monoisotopic (exact) mass is 836 g/mol. The zero-order valence-corrected chi connectivity index (χ0v) is 39.7. The molecule has 1 fully saturated rings. The SMILES string of the molecule is C=Cc1c2[n-]c(c1C)/C=C1\[N-]/C(=C3\c4[n-]c(c(C)c4C(=O)[C@@H]3C(=O)OC)/C=c3\[n-]/c(c(C)c3CC)=C\2)[C@@H](CCC(=O)OC/C=C(\C)CCC[C@@H](C)CCC[C@H](C)CC)[C@@H]1C.[Mg+2]. The molecule has 6 rings (SSSR count). The van der Waals surface area contributed by atoms with Gasteiger partial charge in [-0.3, -0.25) is 14.4 Å². The summed E-state index contributed by atoms with van der Waals surface area (Å²) >= 11 is 0. The number of ketones is 1. The maximum absolute atomic E-state index is 14.3. The maximum Gasteiger partial charge on any atom is 2.00 e. The number of hydrogen-bond acceptors (Lipinski definition) is 5. The van der Waals surface area contributed by atoms with E-state index in [1.165, 1.54) is 44.8 Å². The van der Waals surface area contributed by atoms with E-state index >= 15 is 0 Å². The molecular formula is C51H64MgN4O5-2. The van der Waals surface area contributed by atoms with Crippen LogP contribution in [-0.4, -0.2) is 54.5 Å². The van der Waals surface area contributed by atoms with Gasteiger partial charge in [-0.15, -0.1) is 33.5 Å². The summed E-state index contributed by atoms with van der Waals surface area (Å²) in [6.45, 7) is 23.5. The topological polar surface area (TPSA) is 126 Å². The molecule has 0 radical (unpaired) electrons. The van der Waals surface area contributed by atoms with Gasteiger partial charge in [0.2, 0.25) is 0 Å². The van der Waals surface area contributed by atoms with Crippen LogP contribution in [-0.2, 0) is 25.5 Å². The number of fused-ring (bicyclic) bond motifs is 7. The molecule has 8 bridgehead atoms. The van der Waals surface area contributed by atoms with E-state index in [0.717, 1.165) is 81.1 Å². The molecule has 3 aliphatic rings. The molecule has 9 nitrogen and oxygen atoms in total. The van der Waals surface area contributed by atoms with Crippen LogP contribution in [0.1, 0.15) is 160 Å². The van der Waals surface area contributed by atoms with Gasteiger partial charge in [-0.05, 0) is 88.7 Å². The van der Waals surface area contributed by atoms with Gasteiger partial charge in [0, 0.05) is 12.0 Å². The molecule has 0 amide bonds. The Hall–Kier alpha value is -4.28. The zero-order chi connectivity index (χ0) is 43.4. The fourth-order valence-electron chi connectivity index (χ4n) is 9.27. The molecule has 0 saturated carbocycles. The summed E-state index contributed by atoms with van der Waals surface area (Å²) in [6, 6.07) is 0. The van der Waals surface area contributed by atoms with Gasteiger partial charge in [0.1, 0.15) is 12.5 Å². The fourth-order valence-corrected chi connectivity index (χ4v) is 9.27. The number of allylic oxidation sites excluding steroid dienone is 3. The number of ether oxygens (including phenoxy) is 2. The van der Waals surface area contributed by atoms with Crippen LogP contribution < -0.4 is 25.7 Å². The molecule has 1 saturated heterocycles. The second kappa shape index (κ2) is 20.7. The molecule has 1 aliphatic carbocycles. The van der Waals surface area contributed by atoms with E-state index in [9.17, 15) is 14.4 Å². The van der Waals surface area contributed by atoms with Crippen molar-refractivity contribution in [1.82, 2.24) is 15.0 Å². The van der Waals surface area contributed by atoms with Crippen LogP contribution in [0.3, 0.4) is 0 Å². The summed E-state index contributed by atoms with van der Waals surface area (Å²) < 4.78 is 11.0. The van der Waals surface area contributed by atoms with Crippen LogP contribution >= 0.6 is 0 Å². The Balaban J connectivity index is 0.00000704. The second-order valence-electron chi connectivity index (χ2n) is 17.5. The standard InChI is InChI=1S/C51H65N4O5.Mg/c1-12-28(4)17-15-18-29(5)19-16-20-30(6)23-24-60-44(56)22-21-37-33(9)40-25-38-31(7)35(13-2)42(52-38)26-39-32(8)36(14-3)43(53-39)27-41-34(10)45-49(55-41)46(48(37)54-40)47(50(45)57)51(58)59-11;/h13,23,25-29,33,37,47H,2,12,14-22,24H2,1,3-11H3,(H-,54,55,57);/q-3;+2/p-1/b30-23+,39-26-,40-25-,43-27-;/t28-,29+,33+,37+,47-;/m1./s1.